The molecule has 1 N–H and O–H groups in total. The topological polar surface area (TPSA) is 67.9 Å². The summed E-state index contributed by atoms with van der Waals surface area (Å²) in [6.45, 7) is -2.56. The molecular formula is C19H16F2N2O4. The number of urea groups is 1. The first-order chi connectivity index (χ1) is 13.0. The second kappa shape index (κ2) is 6.53. The number of carbonyl (C=O) groups excluding carboxylic acids is 2. The molecule has 6 nitrogen and oxygen atoms in total. The highest BCUT2D eigenvalue weighted by atomic mass is 19.3. The van der Waals surface area contributed by atoms with Crippen LogP contribution in [0.5, 0.6) is 11.5 Å². The Labute approximate surface area is 153 Å². The van der Waals surface area contributed by atoms with Gasteiger partial charge in [0.05, 0.1) is 13.2 Å². The van der Waals surface area contributed by atoms with E-state index in [0.717, 1.165) is 4.90 Å². The fourth-order valence-electron chi connectivity index (χ4n) is 3.47. The van der Waals surface area contributed by atoms with Gasteiger partial charge in [0, 0.05) is 12.0 Å². The van der Waals surface area contributed by atoms with Gasteiger partial charge in [-0.15, -0.1) is 0 Å². The zero-order valence-corrected chi connectivity index (χ0v) is 14.2. The van der Waals surface area contributed by atoms with Crippen molar-refractivity contribution in [2.75, 3.05) is 6.61 Å². The number of rotatable bonds is 4. The van der Waals surface area contributed by atoms with E-state index in [4.69, 9.17) is 4.74 Å². The Morgan fingerprint density at radius 1 is 1.15 bits per heavy atom. The number of alkyl halides is 2. The molecule has 0 saturated carbocycles. The van der Waals surface area contributed by atoms with Crippen LogP contribution in [0.4, 0.5) is 13.6 Å². The number of ether oxygens (including phenoxy) is 2. The molecule has 1 atom stereocenters. The van der Waals surface area contributed by atoms with Crippen LogP contribution in [0.15, 0.2) is 48.5 Å². The third kappa shape index (κ3) is 2.97. The molecule has 2 aromatic rings. The second-order valence-corrected chi connectivity index (χ2v) is 6.34. The molecule has 2 aliphatic rings. The van der Waals surface area contributed by atoms with E-state index < -0.39 is 18.2 Å². The number of carbonyl (C=O) groups is 2. The van der Waals surface area contributed by atoms with Gasteiger partial charge < -0.3 is 14.8 Å². The molecule has 0 aliphatic carbocycles. The van der Waals surface area contributed by atoms with E-state index in [1.807, 2.05) is 0 Å². The summed E-state index contributed by atoms with van der Waals surface area (Å²) in [5, 5.41) is 2.82. The molecule has 0 bridgehead atoms. The first kappa shape index (κ1) is 17.3. The van der Waals surface area contributed by atoms with Gasteiger partial charge in [-0.2, -0.15) is 8.78 Å². The Kier molecular flexibility index (Phi) is 4.18. The van der Waals surface area contributed by atoms with Crippen LogP contribution >= 0.6 is 0 Å². The Morgan fingerprint density at radius 3 is 2.63 bits per heavy atom. The van der Waals surface area contributed by atoms with Crippen molar-refractivity contribution < 1.29 is 27.8 Å². The van der Waals surface area contributed by atoms with Crippen LogP contribution in [0.25, 0.3) is 0 Å². The molecule has 2 aliphatic heterocycles. The van der Waals surface area contributed by atoms with Gasteiger partial charge in [-0.25, -0.2) is 4.79 Å². The van der Waals surface area contributed by atoms with Gasteiger partial charge in [0.2, 0.25) is 0 Å². The predicted octanol–water partition coefficient (Wildman–Crippen LogP) is 3.02. The molecule has 1 fully saturated rings. The van der Waals surface area contributed by atoms with Crippen molar-refractivity contribution in [3.8, 4) is 11.5 Å². The van der Waals surface area contributed by atoms with Crippen molar-refractivity contribution in [2.24, 2.45) is 0 Å². The highest BCUT2D eigenvalue weighted by Gasteiger charge is 2.54. The minimum atomic E-state index is -2.91. The van der Waals surface area contributed by atoms with Crippen LogP contribution in [0.3, 0.4) is 0 Å². The number of nitrogens with zero attached hydrogens (tertiary/aromatic N) is 1. The van der Waals surface area contributed by atoms with E-state index in [2.05, 4.69) is 10.1 Å². The maximum Gasteiger partial charge on any atom is 0.387 e. The van der Waals surface area contributed by atoms with Gasteiger partial charge in [-0.05, 0) is 23.8 Å². The lowest BCUT2D eigenvalue weighted by Gasteiger charge is -2.33. The number of fused-ring (bicyclic) bond motifs is 2. The van der Waals surface area contributed by atoms with E-state index in [1.165, 1.54) is 12.1 Å². The number of hydrogen-bond donors (Lipinski definition) is 1. The Bertz CT molecular complexity index is 888. The van der Waals surface area contributed by atoms with E-state index >= 15 is 0 Å². The summed E-state index contributed by atoms with van der Waals surface area (Å²) in [5.41, 5.74) is 0.125. The lowest BCUT2D eigenvalue weighted by atomic mass is 9.84. The summed E-state index contributed by atoms with van der Waals surface area (Å²) in [4.78, 5) is 26.8. The van der Waals surface area contributed by atoms with Crippen molar-refractivity contribution in [3.05, 3.63) is 59.7 Å². The zero-order valence-electron chi connectivity index (χ0n) is 14.2. The standard InChI is InChI=1S/C19H16F2N2O4/c20-17(21)27-13-7-5-12(6-8-13)11-23-16(24)19(22-18(23)25)9-10-26-15-4-2-1-3-14(15)19/h1-8,17H,9-11H2,(H,22,25). The SMILES string of the molecule is O=C1NC2(CCOc3ccccc32)C(=O)N1Cc1ccc(OC(F)F)cc1. The number of halogens is 2. The van der Waals surface area contributed by atoms with Crippen molar-refractivity contribution in [1.29, 1.82) is 0 Å². The molecule has 4 rings (SSSR count). The lowest BCUT2D eigenvalue weighted by Crippen LogP contribution is -2.47. The summed E-state index contributed by atoms with van der Waals surface area (Å²) >= 11 is 0. The number of nitrogens with one attached hydrogen (secondary N) is 1. The van der Waals surface area contributed by atoms with Crippen molar-refractivity contribution in [2.45, 2.75) is 25.1 Å². The van der Waals surface area contributed by atoms with Crippen LogP contribution in [0, 0.1) is 0 Å². The predicted molar refractivity (Wildman–Crippen MR) is 90.4 cm³/mol. The van der Waals surface area contributed by atoms with Crippen LogP contribution < -0.4 is 14.8 Å². The summed E-state index contributed by atoms with van der Waals surface area (Å²) in [5.74, 6) is 0.240. The third-order valence-electron chi connectivity index (χ3n) is 4.75. The highest BCUT2D eigenvalue weighted by molar-refractivity contribution is 6.07. The molecule has 1 unspecified atom stereocenters. The maximum atomic E-state index is 13.1. The lowest BCUT2D eigenvalue weighted by molar-refractivity contribution is -0.133. The number of imide groups is 1. The number of para-hydroxylation sites is 1. The first-order valence-electron chi connectivity index (χ1n) is 8.40. The van der Waals surface area contributed by atoms with Crippen LogP contribution in [-0.4, -0.2) is 30.1 Å². The van der Waals surface area contributed by atoms with Gasteiger partial charge in [0.25, 0.3) is 5.91 Å². The quantitative estimate of drug-likeness (QED) is 0.836. The first-order valence-corrected chi connectivity index (χ1v) is 8.40. The molecule has 0 radical (unpaired) electrons. The molecule has 8 heteroatoms. The van der Waals surface area contributed by atoms with Crippen LogP contribution in [0.2, 0.25) is 0 Å². The number of benzene rings is 2. The van der Waals surface area contributed by atoms with E-state index in [1.54, 1.807) is 36.4 Å². The maximum absolute atomic E-state index is 13.1. The Balaban J connectivity index is 1.58. The molecule has 3 amide bonds. The van der Waals surface area contributed by atoms with Gasteiger partial charge in [-0.1, -0.05) is 30.3 Å². The zero-order chi connectivity index (χ0) is 19.0. The van der Waals surface area contributed by atoms with E-state index in [-0.39, 0.29) is 18.2 Å². The normalized spacial score (nSPS) is 21.2. The van der Waals surface area contributed by atoms with Gasteiger partial charge in [-0.3, -0.25) is 9.69 Å². The largest absolute Gasteiger partial charge is 0.493 e. The fourth-order valence-corrected chi connectivity index (χ4v) is 3.47. The minimum Gasteiger partial charge on any atom is -0.493 e. The molecule has 1 saturated heterocycles. The number of hydrogen-bond acceptors (Lipinski definition) is 4. The molecule has 2 aromatic carbocycles. The number of amides is 3. The van der Waals surface area contributed by atoms with Crippen LogP contribution in [0.1, 0.15) is 17.5 Å². The third-order valence-corrected chi connectivity index (χ3v) is 4.75. The van der Waals surface area contributed by atoms with E-state index in [9.17, 15) is 18.4 Å². The van der Waals surface area contributed by atoms with Gasteiger partial charge in [0.15, 0.2) is 5.54 Å². The molecule has 1 spiro atoms. The van der Waals surface area contributed by atoms with Gasteiger partial charge in [0.1, 0.15) is 11.5 Å². The fraction of sp³-hybridized carbons (Fsp3) is 0.263. The second-order valence-electron chi connectivity index (χ2n) is 6.34. The Hall–Kier alpha value is -3.16. The summed E-state index contributed by atoms with van der Waals surface area (Å²) in [6, 6.07) is 12.5. The van der Waals surface area contributed by atoms with Crippen molar-refractivity contribution in [1.82, 2.24) is 10.2 Å². The summed E-state index contributed by atoms with van der Waals surface area (Å²) < 4.78 is 34.4. The summed E-state index contributed by atoms with van der Waals surface area (Å²) in [7, 11) is 0. The van der Waals surface area contributed by atoms with Crippen molar-refractivity contribution in [3.63, 3.8) is 0 Å². The van der Waals surface area contributed by atoms with Crippen molar-refractivity contribution >= 4 is 11.9 Å². The minimum absolute atomic E-state index is 0.0146. The molecular weight excluding hydrogens is 358 g/mol. The average Bonchev–Trinajstić information content (AvgIpc) is 2.88. The monoisotopic (exact) mass is 374 g/mol. The molecule has 140 valence electrons. The molecule has 0 aromatic heterocycles. The Morgan fingerprint density at radius 2 is 1.89 bits per heavy atom. The van der Waals surface area contributed by atoms with Gasteiger partial charge >= 0.3 is 12.6 Å². The van der Waals surface area contributed by atoms with Crippen LogP contribution in [-0.2, 0) is 16.9 Å². The average molecular weight is 374 g/mol. The summed E-state index contributed by atoms with van der Waals surface area (Å²) in [6.07, 6.45) is 0.340. The smallest absolute Gasteiger partial charge is 0.387 e. The van der Waals surface area contributed by atoms with E-state index in [0.29, 0.717) is 29.9 Å². The molecule has 27 heavy (non-hydrogen) atoms. The molecule has 2 heterocycles. The highest BCUT2D eigenvalue weighted by Crippen LogP contribution is 2.41.